The van der Waals surface area contributed by atoms with Gasteiger partial charge in [-0.15, -0.1) is 0 Å². The summed E-state index contributed by atoms with van der Waals surface area (Å²) in [5.41, 5.74) is 2.96. The molecular formula is C24H26O6. The van der Waals surface area contributed by atoms with E-state index in [9.17, 15) is 19.2 Å². The molecule has 0 radical (unpaired) electrons. The molecule has 0 saturated carbocycles. The molecule has 0 aliphatic carbocycles. The molecule has 158 valence electrons. The van der Waals surface area contributed by atoms with Gasteiger partial charge in [-0.05, 0) is 36.8 Å². The highest BCUT2D eigenvalue weighted by atomic mass is 16.4. The number of carboxylic acid groups (broad SMARTS) is 2. The van der Waals surface area contributed by atoms with E-state index in [-0.39, 0.29) is 24.4 Å². The van der Waals surface area contributed by atoms with Crippen LogP contribution in [0.4, 0.5) is 0 Å². The number of unbranched alkanes of at least 4 members (excludes halogenated alkanes) is 1. The molecular weight excluding hydrogens is 384 g/mol. The van der Waals surface area contributed by atoms with Gasteiger partial charge in [-0.2, -0.15) is 0 Å². The lowest BCUT2D eigenvalue weighted by Gasteiger charge is -2.05. The molecule has 6 heteroatoms. The van der Waals surface area contributed by atoms with Crippen LogP contribution in [0.3, 0.4) is 0 Å². The summed E-state index contributed by atoms with van der Waals surface area (Å²) in [5.74, 6) is -1.68. The van der Waals surface area contributed by atoms with Crippen LogP contribution in [-0.2, 0) is 22.4 Å². The normalized spacial score (nSPS) is 10.5. The van der Waals surface area contributed by atoms with Crippen molar-refractivity contribution in [2.24, 2.45) is 0 Å². The molecule has 2 aromatic carbocycles. The number of hydrogen-bond donors (Lipinski definition) is 2. The monoisotopic (exact) mass is 410 g/mol. The van der Waals surface area contributed by atoms with E-state index in [2.05, 4.69) is 0 Å². The number of carboxylic acids is 2. The Kier molecular flexibility index (Phi) is 8.94. The lowest BCUT2D eigenvalue weighted by atomic mass is 9.99. The van der Waals surface area contributed by atoms with Gasteiger partial charge >= 0.3 is 11.9 Å². The van der Waals surface area contributed by atoms with E-state index in [1.54, 1.807) is 48.5 Å². The smallest absolute Gasteiger partial charge is 0.303 e. The van der Waals surface area contributed by atoms with Gasteiger partial charge in [0.2, 0.25) is 0 Å². The first kappa shape index (κ1) is 23.0. The lowest BCUT2D eigenvalue weighted by molar-refractivity contribution is -0.138. The van der Waals surface area contributed by atoms with Crippen molar-refractivity contribution in [3.8, 4) is 0 Å². The third-order valence-corrected chi connectivity index (χ3v) is 4.86. The van der Waals surface area contributed by atoms with Crippen molar-refractivity contribution in [1.82, 2.24) is 0 Å². The molecule has 30 heavy (non-hydrogen) atoms. The number of benzene rings is 2. The molecule has 0 aromatic heterocycles. The first-order valence-electron chi connectivity index (χ1n) is 10.0. The number of rotatable bonds is 13. The highest BCUT2D eigenvalue weighted by Gasteiger charge is 2.09. The second-order valence-electron chi connectivity index (χ2n) is 7.23. The molecule has 0 atom stereocenters. The minimum Gasteiger partial charge on any atom is -0.481 e. The number of hydrogen-bond acceptors (Lipinski definition) is 4. The molecule has 2 N–H and O–H groups in total. The van der Waals surface area contributed by atoms with Gasteiger partial charge in [0, 0.05) is 36.8 Å². The van der Waals surface area contributed by atoms with E-state index >= 15 is 0 Å². The van der Waals surface area contributed by atoms with Gasteiger partial charge in [0.15, 0.2) is 11.6 Å². The van der Waals surface area contributed by atoms with Crippen LogP contribution in [-0.4, -0.2) is 33.7 Å². The summed E-state index contributed by atoms with van der Waals surface area (Å²) < 4.78 is 0. The van der Waals surface area contributed by atoms with E-state index in [4.69, 9.17) is 10.2 Å². The van der Waals surface area contributed by atoms with Crippen molar-refractivity contribution in [2.45, 2.75) is 51.4 Å². The predicted octanol–water partition coefficient (Wildman–Crippen LogP) is 4.35. The zero-order chi connectivity index (χ0) is 21.9. The Morgan fingerprint density at radius 1 is 0.533 bits per heavy atom. The van der Waals surface area contributed by atoms with Gasteiger partial charge in [0.25, 0.3) is 0 Å². The maximum absolute atomic E-state index is 12.3. The van der Waals surface area contributed by atoms with Crippen LogP contribution in [0.1, 0.15) is 70.4 Å². The van der Waals surface area contributed by atoms with Crippen LogP contribution in [0.5, 0.6) is 0 Å². The maximum Gasteiger partial charge on any atom is 0.303 e. The van der Waals surface area contributed by atoms with Gasteiger partial charge < -0.3 is 10.2 Å². The van der Waals surface area contributed by atoms with Crippen LogP contribution < -0.4 is 0 Å². The molecule has 0 fully saturated rings. The Bertz CT molecular complexity index is 805. The summed E-state index contributed by atoms with van der Waals surface area (Å²) in [6.45, 7) is 0. The van der Waals surface area contributed by atoms with Crippen LogP contribution in [0.15, 0.2) is 48.5 Å². The van der Waals surface area contributed by atoms with E-state index in [0.29, 0.717) is 49.7 Å². The van der Waals surface area contributed by atoms with Crippen molar-refractivity contribution in [3.05, 3.63) is 70.8 Å². The fourth-order valence-corrected chi connectivity index (χ4v) is 3.08. The van der Waals surface area contributed by atoms with Crippen molar-refractivity contribution in [3.63, 3.8) is 0 Å². The van der Waals surface area contributed by atoms with Gasteiger partial charge in [-0.1, -0.05) is 48.5 Å². The number of carbonyl (C=O) groups excluding carboxylic acids is 2. The van der Waals surface area contributed by atoms with E-state index in [0.717, 1.165) is 11.1 Å². The van der Waals surface area contributed by atoms with Crippen molar-refractivity contribution in [1.29, 1.82) is 0 Å². The first-order chi connectivity index (χ1) is 14.3. The Balaban J connectivity index is 1.72. The summed E-state index contributed by atoms with van der Waals surface area (Å²) in [6, 6.07) is 14.0. The average Bonchev–Trinajstić information content (AvgIpc) is 2.74. The zero-order valence-electron chi connectivity index (χ0n) is 16.8. The molecule has 2 rings (SSSR count). The standard InChI is InChI=1S/C24H26O6/c25-21(19-11-5-17(6-12-19)9-15-23(27)28)3-1-2-4-22(26)20-13-7-18(8-14-20)10-16-24(29)30/h5-8,11-14H,1-4,9-10,15-16H2,(H,27,28)(H,29,30). The first-order valence-corrected chi connectivity index (χ1v) is 10.0. The fraction of sp³-hybridized carbons (Fsp3) is 0.333. The highest BCUT2D eigenvalue weighted by Crippen LogP contribution is 2.14. The van der Waals surface area contributed by atoms with Gasteiger partial charge in [-0.25, -0.2) is 0 Å². The number of Topliss-reactive ketones (excluding diaryl/α,β-unsaturated/α-hetero) is 2. The van der Waals surface area contributed by atoms with Gasteiger partial charge in [0.1, 0.15) is 0 Å². The summed E-state index contributed by atoms with van der Waals surface area (Å²) in [7, 11) is 0. The van der Waals surface area contributed by atoms with Gasteiger partial charge in [0.05, 0.1) is 0 Å². The topological polar surface area (TPSA) is 109 Å². The maximum atomic E-state index is 12.3. The second kappa shape index (κ2) is 11.7. The quantitative estimate of drug-likeness (QED) is 0.375. The highest BCUT2D eigenvalue weighted by molar-refractivity contribution is 5.97. The number of carbonyl (C=O) groups is 4. The van der Waals surface area contributed by atoms with Crippen molar-refractivity contribution >= 4 is 23.5 Å². The molecule has 0 aliphatic rings. The number of aliphatic carboxylic acids is 2. The van der Waals surface area contributed by atoms with E-state index in [1.165, 1.54) is 0 Å². The minimum atomic E-state index is -0.848. The van der Waals surface area contributed by atoms with Crippen LogP contribution >= 0.6 is 0 Å². The molecule has 6 nitrogen and oxygen atoms in total. The molecule has 0 unspecified atom stereocenters. The van der Waals surface area contributed by atoms with Gasteiger partial charge in [-0.3, -0.25) is 19.2 Å². The molecule has 2 aromatic rings. The summed E-state index contributed by atoms with van der Waals surface area (Å²) in [6.07, 6.45) is 2.94. The molecule has 0 bridgehead atoms. The Morgan fingerprint density at radius 3 is 1.17 bits per heavy atom. The van der Waals surface area contributed by atoms with E-state index < -0.39 is 11.9 Å². The molecule has 0 saturated heterocycles. The predicted molar refractivity (Wildman–Crippen MR) is 112 cm³/mol. The summed E-state index contributed by atoms with van der Waals surface area (Å²) in [4.78, 5) is 45.7. The third kappa shape index (κ3) is 7.99. The SMILES string of the molecule is O=C(O)CCc1ccc(C(=O)CCCCC(=O)c2ccc(CCC(=O)O)cc2)cc1. The van der Waals surface area contributed by atoms with Crippen LogP contribution in [0.25, 0.3) is 0 Å². The minimum absolute atomic E-state index is 0.00927. The third-order valence-electron chi connectivity index (χ3n) is 4.86. The molecule has 0 spiro atoms. The Morgan fingerprint density at radius 2 is 0.867 bits per heavy atom. The Hall–Kier alpha value is -3.28. The lowest BCUT2D eigenvalue weighted by Crippen LogP contribution is -2.03. The summed E-state index contributed by atoms with van der Waals surface area (Å²) in [5, 5.41) is 17.4. The van der Waals surface area contributed by atoms with Crippen LogP contribution in [0, 0.1) is 0 Å². The zero-order valence-corrected chi connectivity index (χ0v) is 16.8. The Labute approximate surface area is 175 Å². The largest absolute Gasteiger partial charge is 0.481 e. The van der Waals surface area contributed by atoms with E-state index in [1.807, 2.05) is 0 Å². The second-order valence-corrected chi connectivity index (χ2v) is 7.23. The fourth-order valence-electron chi connectivity index (χ4n) is 3.08. The molecule has 0 aliphatic heterocycles. The number of aryl methyl sites for hydroxylation is 2. The van der Waals surface area contributed by atoms with Crippen molar-refractivity contribution < 1.29 is 29.4 Å². The average molecular weight is 410 g/mol. The number of ketones is 2. The van der Waals surface area contributed by atoms with Crippen LogP contribution in [0.2, 0.25) is 0 Å². The van der Waals surface area contributed by atoms with Crippen molar-refractivity contribution in [2.75, 3.05) is 0 Å². The molecule has 0 heterocycles. The molecule has 0 amide bonds. The summed E-state index contributed by atoms with van der Waals surface area (Å²) >= 11 is 0.